The van der Waals surface area contributed by atoms with E-state index in [1.807, 2.05) is 0 Å². The maximum atomic E-state index is 12.3. The summed E-state index contributed by atoms with van der Waals surface area (Å²) in [6.45, 7) is 2.43. The van der Waals surface area contributed by atoms with Gasteiger partial charge in [-0.3, -0.25) is 14.6 Å². The van der Waals surface area contributed by atoms with Crippen molar-refractivity contribution >= 4 is 21.7 Å². The molecule has 0 bridgehead atoms. The Morgan fingerprint density at radius 2 is 1.91 bits per heavy atom. The number of piperidine rings is 1. The molecule has 1 aliphatic rings. The van der Waals surface area contributed by atoms with Gasteiger partial charge in [0.05, 0.1) is 17.1 Å². The average Bonchev–Trinajstić information content (AvgIpc) is 2.54. The molecule has 1 aliphatic heterocycles. The second-order valence-corrected chi connectivity index (χ2v) is 7.80. The van der Waals surface area contributed by atoms with Crippen LogP contribution in [0.2, 0.25) is 0 Å². The zero-order valence-corrected chi connectivity index (χ0v) is 14.0. The molecule has 0 saturated carbocycles. The average molecular weight is 340 g/mol. The van der Waals surface area contributed by atoms with E-state index in [9.17, 15) is 18.0 Å². The SMILES string of the molecule is CNC(=O)CS(=O)(=O)C1CCN(C(=O)c2cnc(C)cn2)CC1. The molecule has 2 amide bonds. The Labute approximate surface area is 135 Å². The molecular weight excluding hydrogens is 320 g/mol. The minimum Gasteiger partial charge on any atom is -0.358 e. The van der Waals surface area contributed by atoms with E-state index in [4.69, 9.17) is 0 Å². The Bertz CT molecular complexity index is 679. The molecule has 126 valence electrons. The monoisotopic (exact) mass is 340 g/mol. The molecule has 0 aliphatic carbocycles. The van der Waals surface area contributed by atoms with E-state index in [1.165, 1.54) is 19.4 Å². The van der Waals surface area contributed by atoms with Gasteiger partial charge in [0, 0.05) is 26.3 Å². The third-order valence-corrected chi connectivity index (χ3v) is 6.00. The van der Waals surface area contributed by atoms with E-state index >= 15 is 0 Å². The summed E-state index contributed by atoms with van der Waals surface area (Å²) >= 11 is 0. The van der Waals surface area contributed by atoms with Crippen LogP contribution >= 0.6 is 0 Å². The van der Waals surface area contributed by atoms with Crippen molar-refractivity contribution in [2.45, 2.75) is 25.0 Å². The van der Waals surface area contributed by atoms with Crippen LogP contribution < -0.4 is 5.32 Å². The number of amides is 2. The van der Waals surface area contributed by atoms with E-state index in [2.05, 4.69) is 15.3 Å². The van der Waals surface area contributed by atoms with Crippen molar-refractivity contribution in [2.75, 3.05) is 25.9 Å². The molecule has 1 N–H and O–H groups in total. The molecule has 1 saturated heterocycles. The second kappa shape index (κ2) is 7.03. The number of aryl methyl sites for hydroxylation is 1. The third-order valence-electron chi connectivity index (χ3n) is 3.85. The van der Waals surface area contributed by atoms with Crippen LogP contribution in [-0.2, 0) is 14.6 Å². The van der Waals surface area contributed by atoms with Crippen molar-refractivity contribution in [2.24, 2.45) is 0 Å². The van der Waals surface area contributed by atoms with Crippen LogP contribution in [0.3, 0.4) is 0 Å². The number of hydrogen-bond donors (Lipinski definition) is 1. The first kappa shape index (κ1) is 17.3. The molecule has 0 unspecified atom stereocenters. The van der Waals surface area contributed by atoms with E-state index < -0.39 is 26.7 Å². The minimum absolute atomic E-state index is 0.250. The number of carbonyl (C=O) groups excluding carboxylic acids is 2. The van der Waals surface area contributed by atoms with E-state index in [0.717, 1.165) is 5.69 Å². The Balaban J connectivity index is 1.97. The molecule has 1 aromatic rings. The fraction of sp³-hybridized carbons (Fsp3) is 0.571. The van der Waals surface area contributed by atoms with Crippen LogP contribution in [0.5, 0.6) is 0 Å². The van der Waals surface area contributed by atoms with Crippen molar-refractivity contribution in [1.82, 2.24) is 20.2 Å². The number of rotatable bonds is 4. The summed E-state index contributed by atoms with van der Waals surface area (Å²) in [6, 6.07) is 0. The Kier molecular flexibility index (Phi) is 5.30. The highest BCUT2D eigenvalue weighted by Crippen LogP contribution is 2.19. The first-order valence-electron chi connectivity index (χ1n) is 7.33. The molecule has 0 atom stereocenters. The number of nitrogens with one attached hydrogen (secondary N) is 1. The summed E-state index contributed by atoms with van der Waals surface area (Å²) in [6.07, 6.45) is 3.59. The van der Waals surface area contributed by atoms with Crippen LogP contribution in [0.4, 0.5) is 0 Å². The van der Waals surface area contributed by atoms with Gasteiger partial charge in [0.2, 0.25) is 5.91 Å². The lowest BCUT2D eigenvalue weighted by Gasteiger charge is -2.31. The molecular formula is C14H20N4O4S. The van der Waals surface area contributed by atoms with Gasteiger partial charge < -0.3 is 10.2 Å². The Morgan fingerprint density at radius 3 is 2.43 bits per heavy atom. The Morgan fingerprint density at radius 1 is 1.26 bits per heavy atom. The predicted octanol–water partition coefficient (Wildman–Crippen LogP) is -0.450. The van der Waals surface area contributed by atoms with Crippen LogP contribution in [0, 0.1) is 6.92 Å². The van der Waals surface area contributed by atoms with Crippen molar-refractivity contribution < 1.29 is 18.0 Å². The number of hydrogen-bond acceptors (Lipinski definition) is 6. The van der Waals surface area contributed by atoms with Gasteiger partial charge in [0.1, 0.15) is 11.4 Å². The van der Waals surface area contributed by atoms with Gasteiger partial charge >= 0.3 is 0 Å². The Hall–Kier alpha value is -2.03. The molecule has 23 heavy (non-hydrogen) atoms. The largest absolute Gasteiger partial charge is 0.358 e. The highest BCUT2D eigenvalue weighted by atomic mass is 32.2. The summed E-state index contributed by atoms with van der Waals surface area (Å²) in [4.78, 5) is 33.2. The van der Waals surface area contributed by atoms with E-state index in [0.29, 0.717) is 25.9 Å². The van der Waals surface area contributed by atoms with Gasteiger partial charge in [-0.25, -0.2) is 13.4 Å². The molecule has 0 aromatic carbocycles. The van der Waals surface area contributed by atoms with Gasteiger partial charge in [-0.1, -0.05) is 0 Å². The summed E-state index contributed by atoms with van der Waals surface area (Å²) in [5.41, 5.74) is 0.975. The summed E-state index contributed by atoms with van der Waals surface area (Å²) in [7, 11) is -2.09. The lowest BCUT2D eigenvalue weighted by molar-refractivity contribution is -0.118. The summed E-state index contributed by atoms with van der Waals surface area (Å²) < 4.78 is 24.3. The second-order valence-electron chi connectivity index (χ2n) is 5.51. The molecule has 8 nitrogen and oxygen atoms in total. The zero-order valence-electron chi connectivity index (χ0n) is 13.2. The first-order chi connectivity index (χ1) is 10.8. The lowest BCUT2D eigenvalue weighted by atomic mass is 10.1. The van der Waals surface area contributed by atoms with Gasteiger partial charge in [-0.15, -0.1) is 0 Å². The molecule has 1 aromatic heterocycles. The summed E-state index contributed by atoms with van der Waals surface area (Å²) in [5, 5.41) is 1.73. The summed E-state index contributed by atoms with van der Waals surface area (Å²) in [5.74, 6) is -1.27. The predicted molar refractivity (Wildman–Crippen MR) is 83.5 cm³/mol. The number of nitrogens with zero attached hydrogens (tertiary/aromatic N) is 3. The maximum absolute atomic E-state index is 12.3. The van der Waals surface area contributed by atoms with Gasteiger partial charge in [-0.05, 0) is 19.8 Å². The quantitative estimate of drug-likeness (QED) is 0.795. The van der Waals surface area contributed by atoms with E-state index in [-0.39, 0.29) is 11.6 Å². The number of sulfone groups is 1. The van der Waals surface area contributed by atoms with Crippen molar-refractivity contribution in [3.63, 3.8) is 0 Å². The lowest BCUT2D eigenvalue weighted by Crippen LogP contribution is -2.44. The number of aromatic nitrogens is 2. The molecule has 0 radical (unpaired) electrons. The topological polar surface area (TPSA) is 109 Å². The van der Waals surface area contributed by atoms with E-state index in [1.54, 1.807) is 11.8 Å². The number of likely N-dealkylation sites (tertiary alicyclic amines) is 1. The normalized spacial score (nSPS) is 16.2. The van der Waals surface area contributed by atoms with Crippen molar-refractivity contribution in [3.8, 4) is 0 Å². The van der Waals surface area contributed by atoms with Gasteiger partial charge in [0.15, 0.2) is 9.84 Å². The smallest absolute Gasteiger partial charge is 0.274 e. The van der Waals surface area contributed by atoms with Crippen LogP contribution in [0.25, 0.3) is 0 Å². The van der Waals surface area contributed by atoms with Gasteiger partial charge in [-0.2, -0.15) is 0 Å². The van der Waals surface area contributed by atoms with Crippen molar-refractivity contribution in [1.29, 1.82) is 0 Å². The molecule has 9 heteroatoms. The molecule has 1 fully saturated rings. The fourth-order valence-corrected chi connectivity index (χ4v) is 4.13. The standard InChI is InChI=1S/C14H20N4O4S/c1-10-7-17-12(8-16-10)14(20)18-5-3-11(4-6-18)23(21,22)9-13(19)15-2/h7-8,11H,3-6,9H2,1-2H3,(H,15,19). The molecule has 2 heterocycles. The first-order valence-corrected chi connectivity index (χ1v) is 9.05. The highest BCUT2D eigenvalue weighted by Gasteiger charge is 2.33. The fourth-order valence-electron chi connectivity index (χ4n) is 2.46. The zero-order chi connectivity index (χ0) is 17.0. The third kappa shape index (κ3) is 4.25. The number of carbonyl (C=O) groups is 2. The molecule has 2 rings (SSSR count). The van der Waals surface area contributed by atoms with Crippen LogP contribution in [-0.4, -0.2) is 66.2 Å². The highest BCUT2D eigenvalue weighted by molar-refractivity contribution is 7.92. The minimum atomic E-state index is -3.49. The van der Waals surface area contributed by atoms with Crippen LogP contribution in [0.1, 0.15) is 29.0 Å². The maximum Gasteiger partial charge on any atom is 0.274 e. The van der Waals surface area contributed by atoms with Crippen LogP contribution in [0.15, 0.2) is 12.4 Å². The molecule has 0 spiro atoms. The van der Waals surface area contributed by atoms with Crippen molar-refractivity contribution in [3.05, 3.63) is 23.8 Å². The van der Waals surface area contributed by atoms with Gasteiger partial charge in [0.25, 0.3) is 5.91 Å².